The van der Waals surface area contributed by atoms with Crippen molar-refractivity contribution in [2.75, 3.05) is 12.4 Å². The van der Waals surface area contributed by atoms with Gasteiger partial charge in [-0.3, -0.25) is 9.00 Å². The van der Waals surface area contributed by atoms with Crippen molar-refractivity contribution < 1.29 is 18.8 Å². The Bertz CT molecular complexity index is 219. The molecular weight excluding hydrogens is 204 g/mol. The maximum Gasteiger partial charge on any atom is 0.318 e. The van der Waals surface area contributed by atoms with E-state index in [1.807, 2.05) is 20.8 Å². The Labute approximate surface area is 87.1 Å². The van der Waals surface area contributed by atoms with E-state index in [1.54, 1.807) is 0 Å². The minimum atomic E-state index is -1.35. The molecule has 0 aromatic rings. The monoisotopic (exact) mass is 222 g/mol. The molecule has 0 aliphatic heterocycles. The van der Waals surface area contributed by atoms with Crippen molar-refractivity contribution in [3.63, 3.8) is 0 Å². The highest BCUT2D eigenvalue weighted by Gasteiger charge is 2.19. The average molecular weight is 222 g/mol. The lowest BCUT2D eigenvalue weighted by Crippen LogP contribution is -2.28. The summed E-state index contributed by atoms with van der Waals surface area (Å²) in [6, 6.07) is 0. The zero-order chi connectivity index (χ0) is 11.4. The topological polar surface area (TPSA) is 63.6 Å². The van der Waals surface area contributed by atoms with Gasteiger partial charge in [-0.1, -0.05) is 0 Å². The van der Waals surface area contributed by atoms with E-state index in [1.165, 1.54) is 6.92 Å². The molecule has 0 fully saturated rings. The molecule has 2 unspecified atom stereocenters. The Morgan fingerprint density at radius 1 is 1.50 bits per heavy atom. The summed E-state index contributed by atoms with van der Waals surface area (Å²) in [7, 11) is -1.35. The standard InChI is InChI=1S/C9H18O4S/c1-7(8(10)11)14(12)6-5-13-9(2,3)4/h7H,5-6H2,1-4H3,(H,10,11). The van der Waals surface area contributed by atoms with Crippen LogP contribution in [-0.4, -0.2) is 38.5 Å². The fraction of sp³-hybridized carbons (Fsp3) is 0.889. The second kappa shape index (κ2) is 5.46. The minimum Gasteiger partial charge on any atom is -0.480 e. The van der Waals surface area contributed by atoms with Crippen molar-refractivity contribution in [1.82, 2.24) is 0 Å². The van der Waals surface area contributed by atoms with Gasteiger partial charge in [-0.05, 0) is 27.7 Å². The van der Waals surface area contributed by atoms with E-state index < -0.39 is 22.0 Å². The number of rotatable bonds is 5. The first-order chi connectivity index (χ1) is 6.24. The predicted molar refractivity (Wildman–Crippen MR) is 55.8 cm³/mol. The molecule has 0 aliphatic carbocycles. The van der Waals surface area contributed by atoms with Gasteiger partial charge >= 0.3 is 5.97 Å². The van der Waals surface area contributed by atoms with E-state index in [0.29, 0.717) is 6.61 Å². The normalized spacial score (nSPS) is 16.3. The summed E-state index contributed by atoms with van der Waals surface area (Å²) in [5.74, 6) is -0.760. The summed E-state index contributed by atoms with van der Waals surface area (Å²) in [6.45, 7) is 7.47. The minimum absolute atomic E-state index is 0.267. The average Bonchev–Trinajstić information content (AvgIpc) is 2.00. The highest BCUT2D eigenvalue weighted by Crippen LogP contribution is 2.06. The molecule has 5 heteroatoms. The van der Waals surface area contributed by atoms with Crippen molar-refractivity contribution in [3.8, 4) is 0 Å². The lowest BCUT2D eigenvalue weighted by Gasteiger charge is -2.19. The lowest BCUT2D eigenvalue weighted by molar-refractivity contribution is -0.136. The summed E-state index contributed by atoms with van der Waals surface area (Å²) >= 11 is 0. The van der Waals surface area contributed by atoms with Crippen LogP contribution in [0.4, 0.5) is 0 Å². The van der Waals surface area contributed by atoms with Crippen molar-refractivity contribution in [2.45, 2.75) is 38.5 Å². The second-order valence-corrected chi connectivity index (χ2v) is 5.90. The van der Waals surface area contributed by atoms with Gasteiger partial charge in [0.2, 0.25) is 0 Å². The number of aliphatic carboxylic acids is 1. The molecule has 0 aliphatic rings. The molecule has 0 bridgehead atoms. The first kappa shape index (κ1) is 13.6. The third kappa shape index (κ3) is 6.10. The number of carboxylic acid groups (broad SMARTS) is 1. The van der Waals surface area contributed by atoms with Gasteiger partial charge in [-0.2, -0.15) is 0 Å². The molecule has 2 atom stereocenters. The highest BCUT2D eigenvalue weighted by atomic mass is 32.2. The number of hydrogen-bond donors (Lipinski definition) is 1. The zero-order valence-electron chi connectivity index (χ0n) is 9.07. The van der Waals surface area contributed by atoms with Gasteiger partial charge < -0.3 is 9.84 Å². The summed E-state index contributed by atoms with van der Waals surface area (Å²) in [5.41, 5.74) is -0.267. The number of carboxylic acids is 1. The molecule has 0 amide bonds. The van der Waals surface area contributed by atoms with Crippen LogP contribution in [0, 0.1) is 0 Å². The quantitative estimate of drug-likeness (QED) is 0.754. The number of ether oxygens (including phenoxy) is 1. The van der Waals surface area contributed by atoms with Crippen molar-refractivity contribution in [1.29, 1.82) is 0 Å². The van der Waals surface area contributed by atoms with E-state index in [0.717, 1.165) is 0 Å². The smallest absolute Gasteiger partial charge is 0.318 e. The lowest BCUT2D eigenvalue weighted by atomic mass is 10.2. The van der Waals surface area contributed by atoms with Gasteiger partial charge in [0, 0.05) is 16.6 Å². The van der Waals surface area contributed by atoms with Gasteiger partial charge in [0.15, 0.2) is 0 Å². The van der Waals surface area contributed by atoms with E-state index in [9.17, 15) is 9.00 Å². The molecule has 0 aromatic heterocycles. The largest absolute Gasteiger partial charge is 0.480 e. The van der Waals surface area contributed by atoms with Crippen LogP contribution in [0.2, 0.25) is 0 Å². The SMILES string of the molecule is CC(C(=O)O)S(=O)CCOC(C)(C)C. The first-order valence-corrected chi connectivity index (χ1v) is 5.86. The molecular formula is C9H18O4S. The molecule has 84 valence electrons. The van der Waals surface area contributed by atoms with Crippen molar-refractivity contribution in [3.05, 3.63) is 0 Å². The van der Waals surface area contributed by atoms with Gasteiger partial charge in [-0.25, -0.2) is 0 Å². The van der Waals surface area contributed by atoms with Crippen LogP contribution in [0.3, 0.4) is 0 Å². The fourth-order valence-electron chi connectivity index (χ4n) is 0.719. The van der Waals surface area contributed by atoms with Crippen LogP contribution in [0.1, 0.15) is 27.7 Å². The van der Waals surface area contributed by atoms with Crippen molar-refractivity contribution >= 4 is 16.8 Å². The molecule has 4 nitrogen and oxygen atoms in total. The number of hydrogen-bond acceptors (Lipinski definition) is 3. The van der Waals surface area contributed by atoms with E-state index in [2.05, 4.69) is 0 Å². The van der Waals surface area contributed by atoms with Gasteiger partial charge in [0.05, 0.1) is 12.2 Å². The van der Waals surface area contributed by atoms with Crippen LogP contribution in [0.25, 0.3) is 0 Å². The van der Waals surface area contributed by atoms with E-state index >= 15 is 0 Å². The maximum absolute atomic E-state index is 11.3. The molecule has 0 spiro atoms. The Morgan fingerprint density at radius 3 is 2.36 bits per heavy atom. The molecule has 1 N–H and O–H groups in total. The number of carbonyl (C=O) groups is 1. The molecule has 0 rings (SSSR count). The molecule has 0 aromatic carbocycles. The van der Waals surface area contributed by atoms with Gasteiger partial charge in [-0.15, -0.1) is 0 Å². The Hall–Kier alpha value is -0.420. The third-order valence-corrected chi connectivity index (χ3v) is 3.12. The van der Waals surface area contributed by atoms with Crippen molar-refractivity contribution in [2.24, 2.45) is 0 Å². The summed E-state index contributed by atoms with van der Waals surface area (Å²) in [6.07, 6.45) is 0. The Balaban J connectivity index is 3.81. The molecule has 14 heavy (non-hydrogen) atoms. The van der Waals surface area contributed by atoms with Crippen LogP contribution in [0.5, 0.6) is 0 Å². The van der Waals surface area contributed by atoms with Gasteiger partial charge in [0.25, 0.3) is 0 Å². The summed E-state index contributed by atoms with van der Waals surface area (Å²) < 4.78 is 16.7. The third-order valence-electron chi connectivity index (χ3n) is 1.56. The first-order valence-electron chi connectivity index (χ1n) is 4.48. The fourth-order valence-corrected chi connectivity index (χ4v) is 1.55. The van der Waals surface area contributed by atoms with E-state index in [4.69, 9.17) is 9.84 Å². The molecule has 0 saturated carbocycles. The maximum atomic E-state index is 11.3. The van der Waals surface area contributed by atoms with Crippen LogP contribution in [-0.2, 0) is 20.3 Å². The Morgan fingerprint density at radius 2 is 2.00 bits per heavy atom. The summed E-state index contributed by atoms with van der Waals surface area (Å²) in [4.78, 5) is 10.5. The van der Waals surface area contributed by atoms with Crippen LogP contribution < -0.4 is 0 Å². The predicted octanol–water partition coefficient (Wildman–Crippen LogP) is 1.02. The molecule has 0 heterocycles. The Kier molecular flexibility index (Phi) is 5.29. The summed E-state index contributed by atoms with van der Waals surface area (Å²) in [5, 5.41) is 7.76. The van der Waals surface area contributed by atoms with E-state index in [-0.39, 0.29) is 11.4 Å². The highest BCUT2D eigenvalue weighted by molar-refractivity contribution is 7.86. The van der Waals surface area contributed by atoms with Crippen LogP contribution >= 0.6 is 0 Å². The molecule has 0 radical (unpaired) electrons. The molecule has 0 saturated heterocycles. The zero-order valence-corrected chi connectivity index (χ0v) is 9.89. The second-order valence-electron chi connectivity index (χ2n) is 4.03. The van der Waals surface area contributed by atoms with Crippen LogP contribution in [0.15, 0.2) is 0 Å². The van der Waals surface area contributed by atoms with Gasteiger partial charge in [0.1, 0.15) is 5.25 Å².